The molecule has 0 aromatic heterocycles. The Morgan fingerprint density at radius 3 is 1.24 bits per heavy atom. The predicted octanol–water partition coefficient (Wildman–Crippen LogP) is 5.14. The van der Waals surface area contributed by atoms with Crippen LogP contribution >= 0.6 is 0 Å². The fraction of sp³-hybridized carbons (Fsp3) is 1.00. The van der Waals surface area contributed by atoms with Crippen LogP contribution in [-0.4, -0.2) is 29.8 Å². The molecule has 7 heteroatoms. The van der Waals surface area contributed by atoms with Crippen LogP contribution in [0.3, 0.4) is 0 Å². The molecule has 21 heavy (non-hydrogen) atoms. The molecule has 0 N–H and O–H groups in total. The Balaban J connectivity index is 5.05. The molecule has 4 nitrogen and oxygen atoms in total. The van der Waals surface area contributed by atoms with E-state index in [-0.39, 0.29) is 0 Å². The van der Waals surface area contributed by atoms with Gasteiger partial charge in [0.25, 0.3) is 0 Å². The van der Waals surface area contributed by atoms with Gasteiger partial charge >= 0.3 is 141 Å². The van der Waals surface area contributed by atoms with E-state index in [1.807, 2.05) is 0 Å². The SMILES string of the molecule is CCCC[O][Zr]([O]CCCC)([O][Si](C)(C)C)[O][Si](C)(C)C. The summed E-state index contributed by atoms with van der Waals surface area (Å²) in [4.78, 5) is 0. The predicted molar refractivity (Wildman–Crippen MR) is 90.6 cm³/mol. The molecule has 0 atom stereocenters. The molecule has 0 saturated heterocycles. The molecule has 0 rings (SSSR count). The molecule has 128 valence electrons. The topological polar surface area (TPSA) is 36.9 Å². The molecule has 0 saturated carbocycles. The van der Waals surface area contributed by atoms with E-state index in [0.717, 1.165) is 25.7 Å². The van der Waals surface area contributed by atoms with Gasteiger partial charge in [-0.15, -0.1) is 0 Å². The molecule has 0 aromatic carbocycles. The first-order valence-electron chi connectivity index (χ1n) is 8.22. The van der Waals surface area contributed by atoms with Crippen molar-refractivity contribution in [1.82, 2.24) is 0 Å². The Morgan fingerprint density at radius 1 is 0.667 bits per heavy atom. The van der Waals surface area contributed by atoms with E-state index in [9.17, 15) is 0 Å². The Bertz CT molecular complexity index is 249. The Morgan fingerprint density at radius 2 is 1.00 bits per heavy atom. The number of hydrogen-bond acceptors (Lipinski definition) is 4. The third-order valence-electron chi connectivity index (χ3n) is 2.42. The zero-order valence-corrected chi connectivity index (χ0v) is 19.8. The van der Waals surface area contributed by atoms with Crippen LogP contribution in [0.1, 0.15) is 39.5 Å². The van der Waals surface area contributed by atoms with Gasteiger partial charge in [0.1, 0.15) is 0 Å². The van der Waals surface area contributed by atoms with Crippen LogP contribution in [0.5, 0.6) is 0 Å². The standard InChI is InChI=1S/2C4H9O.2C3H9OSi.Zr/c2*1-2-3-4-5;2*1-5(2,3)4;/h2*2-4H2,1H3;2*1-3H3;/q4*-1;+4. The summed E-state index contributed by atoms with van der Waals surface area (Å²) >= 11 is -3.89. The zero-order valence-electron chi connectivity index (χ0n) is 15.4. The number of unbranched alkanes of at least 4 members (excludes halogenated alkanes) is 2. The van der Waals surface area contributed by atoms with E-state index in [4.69, 9.17) is 10.6 Å². The van der Waals surface area contributed by atoms with Crippen molar-refractivity contribution in [2.75, 3.05) is 13.2 Å². The number of rotatable bonds is 12. The maximum absolute atomic E-state index is 6.41. The van der Waals surface area contributed by atoms with E-state index in [1.54, 1.807) is 0 Å². The van der Waals surface area contributed by atoms with E-state index in [2.05, 4.69) is 53.1 Å². The minimum atomic E-state index is -3.89. The summed E-state index contributed by atoms with van der Waals surface area (Å²) in [6.45, 7) is 18.8. The van der Waals surface area contributed by atoms with Gasteiger partial charge in [-0.1, -0.05) is 0 Å². The molecule has 0 aromatic rings. The van der Waals surface area contributed by atoms with Crippen LogP contribution in [-0.2, 0) is 32.7 Å². The second-order valence-corrected chi connectivity index (χ2v) is 23.1. The maximum atomic E-state index is 6.41. The van der Waals surface area contributed by atoms with Gasteiger partial charge in [-0.2, -0.15) is 0 Å². The molecule has 0 bridgehead atoms. The molecule has 0 spiro atoms. The first-order valence-corrected chi connectivity index (χ1v) is 19.0. The van der Waals surface area contributed by atoms with Crippen LogP contribution in [0.2, 0.25) is 39.3 Å². The fourth-order valence-corrected chi connectivity index (χ4v) is 19.4. The summed E-state index contributed by atoms with van der Waals surface area (Å²) in [5.74, 6) is 0. The van der Waals surface area contributed by atoms with Crippen molar-refractivity contribution in [3.05, 3.63) is 0 Å². The van der Waals surface area contributed by atoms with Crippen molar-refractivity contribution >= 4 is 16.6 Å². The molecule has 0 radical (unpaired) electrons. The van der Waals surface area contributed by atoms with Crippen LogP contribution < -0.4 is 0 Å². The molecular weight excluding hydrogens is 380 g/mol. The molecule has 0 aliphatic heterocycles. The van der Waals surface area contributed by atoms with E-state index in [0.29, 0.717) is 13.2 Å². The summed E-state index contributed by atoms with van der Waals surface area (Å²) in [5.41, 5.74) is 0. The van der Waals surface area contributed by atoms with E-state index in [1.165, 1.54) is 0 Å². The molecular formula is C14H36O4Si2Zr. The zero-order chi connectivity index (χ0) is 16.6. The van der Waals surface area contributed by atoms with Gasteiger partial charge in [-0.3, -0.25) is 0 Å². The summed E-state index contributed by atoms with van der Waals surface area (Å²) in [6.07, 6.45) is 4.27. The first-order chi connectivity index (χ1) is 9.54. The van der Waals surface area contributed by atoms with Gasteiger partial charge < -0.3 is 0 Å². The van der Waals surface area contributed by atoms with E-state index >= 15 is 0 Å². The second-order valence-electron chi connectivity index (χ2n) is 7.33. The summed E-state index contributed by atoms with van der Waals surface area (Å²) in [6, 6.07) is 0. The summed E-state index contributed by atoms with van der Waals surface area (Å²) in [5, 5.41) is 0. The van der Waals surface area contributed by atoms with Crippen molar-refractivity contribution in [2.24, 2.45) is 0 Å². The van der Waals surface area contributed by atoms with E-state index < -0.39 is 38.7 Å². The quantitative estimate of drug-likeness (QED) is 0.327. The third-order valence-corrected chi connectivity index (χ3v) is 19.6. The molecule has 0 fully saturated rings. The molecule has 0 unspecified atom stereocenters. The van der Waals surface area contributed by atoms with Crippen molar-refractivity contribution in [2.45, 2.75) is 78.8 Å². The van der Waals surface area contributed by atoms with Gasteiger partial charge in [0, 0.05) is 0 Å². The van der Waals surface area contributed by atoms with Crippen molar-refractivity contribution in [1.29, 1.82) is 0 Å². The van der Waals surface area contributed by atoms with Gasteiger partial charge in [-0.05, 0) is 0 Å². The van der Waals surface area contributed by atoms with Gasteiger partial charge in [-0.25, -0.2) is 0 Å². The second kappa shape index (κ2) is 10.1. The first kappa shape index (κ1) is 22.2. The monoisotopic (exact) mass is 414 g/mol. The molecule has 0 heterocycles. The Hall–Kier alpha value is 1.16. The fourth-order valence-electron chi connectivity index (χ4n) is 1.61. The number of hydrogen-bond donors (Lipinski definition) is 0. The van der Waals surface area contributed by atoms with Crippen LogP contribution in [0.25, 0.3) is 0 Å². The van der Waals surface area contributed by atoms with Crippen LogP contribution in [0.4, 0.5) is 0 Å². The average molecular weight is 416 g/mol. The third kappa shape index (κ3) is 12.3. The van der Waals surface area contributed by atoms with Crippen LogP contribution in [0.15, 0.2) is 0 Å². The van der Waals surface area contributed by atoms with Gasteiger partial charge in [0.05, 0.1) is 0 Å². The molecule has 0 aliphatic rings. The average Bonchev–Trinajstić information content (AvgIpc) is 2.25. The Kier molecular flexibility index (Phi) is 10.7. The minimum absolute atomic E-state index is 0.688. The summed E-state index contributed by atoms with van der Waals surface area (Å²) < 4.78 is 25.2. The van der Waals surface area contributed by atoms with Gasteiger partial charge in [0.15, 0.2) is 0 Å². The molecule has 0 aliphatic carbocycles. The normalized spacial score (nSPS) is 13.7. The molecule has 0 amide bonds. The Labute approximate surface area is 141 Å². The van der Waals surface area contributed by atoms with Crippen molar-refractivity contribution in [3.8, 4) is 0 Å². The van der Waals surface area contributed by atoms with Crippen LogP contribution in [0, 0.1) is 0 Å². The van der Waals surface area contributed by atoms with Crippen molar-refractivity contribution in [3.63, 3.8) is 0 Å². The summed E-state index contributed by atoms with van der Waals surface area (Å²) in [7, 11) is -3.54. The van der Waals surface area contributed by atoms with Gasteiger partial charge in [0.2, 0.25) is 0 Å². The van der Waals surface area contributed by atoms with Crippen molar-refractivity contribution < 1.29 is 32.7 Å².